The smallest absolute Gasteiger partial charge is 0.355 e. The summed E-state index contributed by atoms with van der Waals surface area (Å²) in [4.78, 5) is 44.9. The van der Waals surface area contributed by atoms with Crippen LogP contribution in [-0.2, 0) is 37.8 Å². The summed E-state index contributed by atoms with van der Waals surface area (Å²) >= 11 is 0. The van der Waals surface area contributed by atoms with E-state index in [0.29, 0.717) is 42.0 Å². The number of aromatic nitrogens is 2. The number of nitrogens with zero attached hydrogens (tertiary/aromatic N) is 2. The minimum atomic E-state index is -2.22. The maximum Gasteiger partial charge on any atom is 0.355 e. The van der Waals surface area contributed by atoms with Gasteiger partial charge in [0.1, 0.15) is 12.4 Å². The van der Waals surface area contributed by atoms with Crippen molar-refractivity contribution in [2.24, 2.45) is 5.73 Å². The first kappa shape index (κ1) is 28.0. The number of phenols is 1. The third-order valence-corrected chi connectivity index (χ3v) is 14.6. The van der Waals surface area contributed by atoms with Crippen molar-refractivity contribution in [3.8, 4) is 17.1 Å². The van der Waals surface area contributed by atoms with Gasteiger partial charge in [0.2, 0.25) is 5.60 Å². The topological polar surface area (TPSA) is 134 Å². The average Bonchev–Trinajstić information content (AvgIpc) is 3.25. The van der Waals surface area contributed by atoms with Gasteiger partial charge in [0.05, 0.1) is 37.1 Å². The number of cyclic esters (lactones) is 1. The fourth-order valence-corrected chi connectivity index (χ4v) is 8.38. The maximum atomic E-state index is 14.0. The van der Waals surface area contributed by atoms with Crippen molar-refractivity contribution in [3.63, 3.8) is 0 Å². The number of phenolic OH excluding ortho intramolecular Hbond substituents is 1. The zero-order chi connectivity index (χ0) is 29.2. The van der Waals surface area contributed by atoms with Gasteiger partial charge in [-0.3, -0.25) is 9.59 Å². The first-order valence-corrected chi connectivity index (χ1v) is 16.8. The molecule has 0 unspecified atom stereocenters. The fraction of sp³-hybridized carbons (Fsp3) is 0.467. The predicted octanol–water partition coefficient (Wildman–Crippen LogP) is 3.79. The second-order valence-electron chi connectivity index (χ2n) is 12.3. The largest absolute Gasteiger partial charge is 0.508 e. The molecule has 2 aliphatic rings. The molecule has 0 saturated heterocycles. The summed E-state index contributed by atoms with van der Waals surface area (Å²) in [6, 6.07) is 6.97. The maximum absolute atomic E-state index is 14.0. The highest BCUT2D eigenvalue weighted by atomic mass is 28.3. The molecule has 0 amide bonds. The number of pyridine rings is 2. The summed E-state index contributed by atoms with van der Waals surface area (Å²) < 4.78 is 12.9. The zero-order valence-corrected chi connectivity index (χ0v) is 25.0. The normalized spacial score (nSPS) is 18.2. The average molecular weight is 564 g/mol. The Balaban J connectivity index is 1.79. The third-order valence-electron chi connectivity index (χ3n) is 9.01. The van der Waals surface area contributed by atoms with Crippen LogP contribution in [0.4, 0.5) is 0 Å². The molecule has 2 aromatic heterocycles. The molecule has 0 radical (unpaired) electrons. The number of hydrogen-bond acceptors (Lipinski definition) is 8. The van der Waals surface area contributed by atoms with Crippen LogP contribution in [-0.4, -0.2) is 41.2 Å². The number of esters is 2. The van der Waals surface area contributed by atoms with Gasteiger partial charge >= 0.3 is 11.9 Å². The number of carbonyl (C=O) groups is 2. The lowest BCUT2D eigenvalue weighted by Crippen LogP contribution is -2.51. The van der Waals surface area contributed by atoms with E-state index in [1.54, 1.807) is 35.8 Å². The molecular weight excluding hydrogens is 526 g/mol. The fourth-order valence-electron chi connectivity index (χ4n) is 5.81. The third kappa shape index (κ3) is 4.07. The molecular formula is C30H37N3O6Si. The highest BCUT2D eigenvalue weighted by Gasteiger charge is 2.51. The number of rotatable bonds is 6. The van der Waals surface area contributed by atoms with Gasteiger partial charge in [0.15, 0.2) is 0 Å². The second kappa shape index (κ2) is 9.55. The molecule has 10 heteroatoms. The summed E-state index contributed by atoms with van der Waals surface area (Å²) in [5.74, 6) is -1.09. The summed E-state index contributed by atoms with van der Waals surface area (Å²) in [6.45, 7) is 13.5. The van der Waals surface area contributed by atoms with E-state index in [1.165, 1.54) is 0 Å². The molecule has 2 aliphatic heterocycles. The lowest BCUT2D eigenvalue weighted by Gasteiger charge is -2.39. The highest BCUT2D eigenvalue weighted by molar-refractivity contribution is 6.94. The Morgan fingerprint density at radius 3 is 2.60 bits per heavy atom. The van der Waals surface area contributed by atoms with Crippen molar-refractivity contribution >= 4 is 36.1 Å². The van der Waals surface area contributed by atoms with Gasteiger partial charge in [-0.1, -0.05) is 40.8 Å². The molecule has 0 aliphatic carbocycles. The SMILES string of the molecule is CC[C@@]1(OC(=O)CCCN)C(=O)OCc2c1cc1n(c2=O)Cc2c-1nc1ccc(O)cc1c2[Si](C)(C)C(C)(C)C. The molecule has 1 aromatic carbocycles. The Kier molecular flexibility index (Phi) is 6.70. The number of carbonyl (C=O) groups excluding carboxylic acids is 2. The van der Waals surface area contributed by atoms with E-state index in [4.69, 9.17) is 20.2 Å². The molecule has 3 N–H and O–H groups in total. The first-order valence-electron chi connectivity index (χ1n) is 13.8. The van der Waals surface area contributed by atoms with Gasteiger partial charge in [-0.15, -0.1) is 0 Å². The molecule has 0 spiro atoms. The van der Waals surface area contributed by atoms with E-state index in [0.717, 1.165) is 21.7 Å². The van der Waals surface area contributed by atoms with Crippen molar-refractivity contribution in [1.29, 1.82) is 0 Å². The highest BCUT2D eigenvalue weighted by Crippen LogP contribution is 2.43. The molecule has 9 nitrogen and oxygen atoms in total. The van der Waals surface area contributed by atoms with Crippen LogP contribution in [0.2, 0.25) is 18.1 Å². The Hall–Kier alpha value is -3.50. The van der Waals surface area contributed by atoms with E-state index in [1.807, 2.05) is 0 Å². The molecule has 3 aromatic rings. The molecule has 0 bridgehead atoms. The Labute approximate surface area is 234 Å². The quantitative estimate of drug-likeness (QED) is 0.267. The van der Waals surface area contributed by atoms with Crippen molar-refractivity contribution in [3.05, 3.63) is 51.3 Å². The Bertz CT molecular complexity index is 1620. The van der Waals surface area contributed by atoms with Crippen LogP contribution in [0, 0.1) is 0 Å². The minimum Gasteiger partial charge on any atom is -0.508 e. The molecule has 40 heavy (non-hydrogen) atoms. The summed E-state index contributed by atoms with van der Waals surface area (Å²) in [5.41, 5.74) is 7.16. The van der Waals surface area contributed by atoms with Gasteiger partial charge in [-0.2, -0.15) is 0 Å². The molecule has 212 valence electrons. The van der Waals surface area contributed by atoms with E-state index < -0.39 is 25.6 Å². The first-order chi connectivity index (χ1) is 18.8. The van der Waals surface area contributed by atoms with E-state index >= 15 is 0 Å². The number of ether oxygens (including phenoxy) is 2. The zero-order valence-electron chi connectivity index (χ0n) is 24.0. The number of hydrogen-bond donors (Lipinski definition) is 2. The van der Waals surface area contributed by atoms with Crippen LogP contribution < -0.4 is 16.5 Å². The van der Waals surface area contributed by atoms with Crippen LogP contribution in [0.15, 0.2) is 29.1 Å². The van der Waals surface area contributed by atoms with Gasteiger partial charge in [-0.25, -0.2) is 9.78 Å². The molecule has 0 saturated carbocycles. The van der Waals surface area contributed by atoms with Crippen molar-refractivity contribution < 1.29 is 24.2 Å². The van der Waals surface area contributed by atoms with Crippen LogP contribution in [0.5, 0.6) is 5.75 Å². The molecule has 5 rings (SSSR count). The van der Waals surface area contributed by atoms with Crippen molar-refractivity contribution in [2.45, 2.75) is 83.8 Å². The monoisotopic (exact) mass is 563 g/mol. The van der Waals surface area contributed by atoms with Gasteiger partial charge in [-0.05, 0) is 59.4 Å². The Morgan fingerprint density at radius 2 is 1.95 bits per heavy atom. The summed E-state index contributed by atoms with van der Waals surface area (Å²) in [5, 5.41) is 12.4. The van der Waals surface area contributed by atoms with E-state index in [9.17, 15) is 19.5 Å². The minimum absolute atomic E-state index is 0.0329. The number of nitrogens with two attached hydrogens (primary N) is 1. The predicted molar refractivity (Wildman–Crippen MR) is 155 cm³/mol. The van der Waals surface area contributed by atoms with Gasteiger partial charge in [0.25, 0.3) is 5.56 Å². The van der Waals surface area contributed by atoms with Crippen LogP contribution in [0.25, 0.3) is 22.3 Å². The van der Waals surface area contributed by atoms with Crippen LogP contribution in [0.3, 0.4) is 0 Å². The van der Waals surface area contributed by atoms with E-state index in [2.05, 4.69) is 33.9 Å². The second-order valence-corrected chi connectivity index (χ2v) is 17.6. The van der Waals surface area contributed by atoms with Crippen LogP contribution in [0.1, 0.15) is 63.6 Å². The van der Waals surface area contributed by atoms with Gasteiger partial charge in [0, 0.05) is 17.4 Å². The number of fused-ring (bicyclic) bond motifs is 5. The number of aromatic hydroxyl groups is 1. The van der Waals surface area contributed by atoms with Crippen LogP contribution >= 0.6 is 0 Å². The number of benzene rings is 1. The van der Waals surface area contributed by atoms with Gasteiger partial charge < -0.3 is 24.9 Å². The lowest BCUT2D eigenvalue weighted by molar-refractivity contribution is -0.189. The molecule has 1 atom stereocenters. The summed E-state index contributed by atoms with van der Waals surface area (Å²) in [6.07, 6.45) is 0.593. The van der Waals surface area contributed by atoms with E-state index in [-0.39, 0.29) is 35.8 Å². The standard InChI is InChI=1S/C30H37N3O6Si/c1-7-30(39-24(35)9-8-12-31)21-14-23-25-19(15-33(23)27(36)20(21)16-38-28(30)37)26(40(5,6)29(2,3)4)18-13-17(34)10-11-22(18)32-25/h10-11,13-14,34H,7-9,12,15-16,31H2,1-6H3/t30-/m0/s1. The summed E-state index contributed by atoms with van der Waals surface area (Å²) in [7, 11) is -2.22. The lowest BCUT2D eigenvalue weighted by atomic mass is 9.85. The van der Waals surface area contributed by atoms with Crippen molar-refractivity contribution in [1.82, 2.24) is 9.55 Å². The Morgan fingerprint density at radius 1 is 1.23 bits per heavy atom. The molecule has 4 heterocycles. The van der Waals surface area contributed by atoms with Crippen molar-refractivity contribution in [2.75, 3.05) is 6.54 Å². The molecule has 0 fully saturated rings.